The van der Waals surface area contributed by atoms with Gasteiger partial charge in [0.1, 0.15) is 0 Å². The van der Waals surface area contributed by atoms with Crippen LogP contribution in [-0.4, -0.2) is 16.3 Å². The molecule has 0 atom stereocenters. The minimum absolute atomic E-state index is 0.128. The highest BCUT2D eigenvalue weighted by Crippen LogP contribution is 2.22. The first-order valence-electron chi connectivity index (χ1n) is 5.25. The van der Waals surface area contributed by atoms with E-state index in [9.17, 15) is 4.79 Å². The van der Waals surface area contributed by atoms with Crippen molar-refractivity contribution in [2.24, 2.45) is 0 Å². The Morgan fingerprint density at radius 2 is 1.82 bits per heavy atom. The van der Waals surface area contributed by atoms with E-state index >= 15 is 0 Å². The summed E-state index contributed by atoms with van der Waals surface area (Å²) >= 11 is 0. The third kappa shape index (κ3) is 2.73. The minimum Gasteiger partial charge on any atom is -0.481 e. The number of aliphatic carboxylic acids is 1. The fourth-order valence-corrected chi connectivity index (χ4v) is 1.74. The van der Waals surface area contributed by atoms with Crippen LogP contribution in [0.15, 0.2) is 36.4 Å². The summed E-state index contributed by atoms with van der Waals surface area (Å²) in [4.78, 5) is 14.6. The maximum atomic E-state index is 10.5. The van der Waals surface area contributed by atoms with Gasteiger partial charge in [0.2, 0.25) is 0 Å². The highest BCUT2D eigenvalue weighted by atomic mass is 17.1. The van der Waals surface area contributed by atoms with Crippen LogP contribution in [0.4, 0.5) is 0 Å². The fourth-order valence-electron chi connectivity index (χ4n) is 1.74. The molecule has 2 aromatic rings. The third-order valence-corrected chi connectivity index (χ3v) is 2.61. The van der Waals surface area contributed by atoms with Crippen molar-refractivity contribution >= 4 is 16.7 Å². The Hall–Kier alpha value is -2.07. The van der Waals surface area contributed by atoms with E-state index in [0.29, 0.717) is 12.2 Å². The van der Waals surface area contributed by atoms with Crippen LogP contribution >= 0.6 is 0 Å². The smallest absolute Gasteiger partial charge is 0.303 e. The van der Waals surface area contributed by atoms with Crippen LogP contribution in [0.2, 0.25) is 0 Å². The Morgan fingerprint density at radius 3 is 2.53 bits per heavy atom. The first kappa shape index (κ1) is 11.4. The molecule has 0 aliphatic heterocycles. The van der Waals surface area contributed by atoms with Crippen molar-refractivity contribution in [3.63, 3.8) is 0 Å². The highest BCUT2D eigenvalue weighted by Gasteiger charge is 2.02. The third-order valence-electron chi connectivity index (χ3n) is 2.61. The summed E-state index contributed by atoms with van der Waals surface area (Å²) < 4.78 is 0. The predicted octanol–water partition coefficient (Wildman–Crippen LogP) is 2.71. The van der Waals surface area contributed by atoms with Crippen molar-refractivity contribution in [2.75, 3.05) is 0 Å². The summed E-state index contributed by atoms with van der Waals surface area (Å²) in [5.74, 6) is -0.412. The Kier molecular flexibility index (Phi) is 3.25. The first-order valence-corrected chi connectivity index (χ1v) is 5.25. The molecule has 0 saturated carbocycles. The second-order valence-electron chi connectivity index (χ2n) is 3.83. The molecule has 4 heteroatoms. The van der Waals surface area contributed by atoms with Gasteiger partial charge in [0.15, 0.2) is 5.75 Å². The molecule has 0 bridgehead atoms. The van der Waals surface area contributed by atoms with E-state index in [1.165, 1.54) is 0 Å². The average molecular weight is 232 g/mol. The van der Waals surface area contributed by atoms with Crippen LogP contribution in [0.1, 0.15) is 12.0 Å². The summed E-state index contributed by atoms with van der Waals surface area (Å²) in [7, 11) is 0. The summed E-state index contributed by atoms with van der Waals surface area (Å²) in [5.41, 5.74) is 0.984. The molecule has 0 saturated heterocycles. The van der Waals surface area contributed by atoms with Gasteiger partial charge in [0, 0.05) is 6.42 Å². The van der Waals surface area contributed by atoms with Gasteiger partial charge in [-0.3, -0.25) is 4.79 Å². The van der Waals surface area contributed by atoms with Gasteiger partial charge in [0.05, 0.1) is 0 Å². The van der Waals surface area contributed by atoms with Crippen LogP contribution in [0, 0.1) is 0 Å². The van der Waals surface area contributed by atoms with Crippen molar-refractivity contribution < 1.29 is 20.0 Å². The number of hydrogen-bond acceptors (Lipinski definition) is 3. The molecule has 0 unspecified atom stereocenters. The predicted molar refractivity (Wildman–Crippen MR) is 63.2 cm³/mol. The molecule has 0 aromatic heterocycles. The Bertz CT molecular complexity index is 548. The normalized spacial score (nSPS) is 10.4. The number of fused-ring (bicyclic) bond motifs is 1. The molecule has 17 heavy (non-hydrogen) atoms. The number of carboxylic acid groups (broad SMARTS) is 1. The lowest BCUT2D eigenvalue weighted by Crippen LogP contribution is -1.97. The molecule has 4 nitrogen and oxygen atoms in total. The van der Waals surface area contributed by atoms with Crippen molar-refractivity contribution in [1.82, 2.24) is 0 Å². The monoisotopic (exact) mass is 232 g/mol. The quantitative estimate of drug-likeness (QED) is 0.628. The second-order valence-corrected chi connectivity index (χ2v) is 3.83. The van der Waals surface area contributed by atoms with Gasteiger partial charge in [0.25, 0.3) is 0 Å². The van der Waals surface area contributed by atoms with Gasteiger partial charge in [-0.1, -0.05) is 24.3 Å². The molecule has 0 spiro atoms. The molecule has 2 N–H and O–H groups in total. The maximum Gasteiger partial charge on any atom is 0.303 e. The number of rotatable bonds is 4. The molecule has 0 aliphatic carbocycles. The summed E-state index contributed by atoms with van der Waals surface area (Å²) in [6, 6.07) is 10.9. The van der Waals surface area contributed by atoms with Crippen molar-refractivity contribution in [2.45, 2.75) is 12.8 Å². The van der Waals surface area contributed by atoms with Crippen molar-refractivity contribution in [3.8, 4) is 5.75 Å². The molecular formula is C13H12O4. The average Bonchev–Trinajstić information content (AvgIpc) is 2.35. The van der Waals surface area contributed by atoms with Crippen LogP contribution in [0.25, 0.3) is 10.8 Å². The van der Waals surface area contributed by atoms with Gasteiger partial charge < -0.3 is 9.99 Å². The summed E-state index contributed by atoms with van der Waals surface area (Å²) in [5, 5.41) is 19.1. The minimum atomic E-state index is -0.797. The van der Waals surface area contributed by atoms with Gasteiger partial charge in [-0.05, 0) is 34.9 Å². The molecule has 0 fully saturated rings. The second kappa shape index (κ2) is 4.84. The van der Waals surface area contributed by atoms with E-state index in [2.05, 4.69) is 4.89 Å². The number of aryl methyl sites for hydroxylation is 1. The van der Waals surface area contributed by atoms with E-state index in [1.54, 1.807) is 12.1 Å². The molecule has 2 rings (SSSR count). The Labute approximate surface area is 98.0 Å². The van der Waals surface area contributed by atoms with Crippen LogP contribution in [0.3, 0.4) is 0 Å². The standard InChI is InChI=1S/C13H12O4/c14-13(15)6-2-9-1-3-11-8-12(17-16)5-4-10(11)7-9/h1,3-5,7-8,16H,2,6H2,(H,14,15). The zero-order valence-electron chi connectivity index (χ0n) is 9.09. The Balaban J connectivity index is 2.28. The lowest BCUT2D eigenvalue weighted by molar-refractivity contribution is -0.137. The van der Waals surface area contributed by atoms with Crippen LogP contribution in [0.5, 0.6) is 5.75 Å². The molecule has 0 aliphatic rings. The van der Waals surface area contributed by atoms with E-state index in [1.807, 2.05) is 24.3 Å². The largest absolute Gasteiger partial charge is 0.481 e. The lowest BCUT2D eigenvalue weighted by atomic mass is 10.0. The van der Waals surface area contributed by atoms with Crippen LogP contribution < -0.4 is 4.89 Å². The topological polar surface area (TPSA) is 66.8 Å². The van der Waals surface area contributed by atoms with Crippen molar-refractivity contribution in [1.29, 1.82) is 0 Å². The first-order chi connectivity index (χ1) is 8.19. The van der Waals surface area contributed by atoms with Gasteiger partial charge >= 0.3 is 5.97 Å². The molecule has 0 heterocycles. The number of carboxylic acids is 1. The molecule has 88 valence electrons. The summed E-state index contributed by atoms with van der Waals surface area (Å²) in [6.07, 6.45) is 0.646. The van der Waals surface area contributed by atoms with Gasteiger partial charge in [-0.15, -0.1) is 0 Å². The van der Waals surface area contributed by atoms with E-state index in [-0.39, 0.29) is 6.42 Å². The number of benzene rings is 2. The zero-order chi connectivity index (χ0) is 12.3. The molecule has 2 aromatic carbocycles. The number of hydrogen-bond donors (Lipinski definition) is 2. The van der Waals surface area contributed by atoms with Gasteiger partial charge in [-0.25, -0.2) is 5.26 Å². The maximum absolute atomic E-state index is 10.5. The van der Waals surface area contributed by atoms with E-state index in [4.69, 9.17) is 10.4 Å². The van der Waals surface area contributed by atoms with E-state index in [0.717, 1.165) is 16.3 Å². The molecular weight excluding hydrogens is 220 g/mol. The van der Waals surface area contributed by atoms with Crippen LogP contribution in [-0.2, 0) is 11.2 Å². The fraction of sp³-hybridized carbons (Fsp3) is 0.154. The molecule has 0 amide bonds. The SMILES string of the molecule is O=C(O)CCc1ccc2cc(OO)ccc2c1. The highest BCUT2D eigenvalue weighted by molar-refractivity contribution is 5.84. The van der Waals surface area contributed by atoms with Crippen molar-refractivity contribution in [3.05, 3.63) is 42.0 Å². The molecule has 0 radical (unpaired) electrons. The lowest BCUT2D eigenvalue weighted by Gasteiger charge is -2.03. The summed E-state index contributed by atoms with van der Waals surface area (Å²) in [6.45, 7) is 0. The Morgan fingerprint density at radius 1 is 1.12 bits per heavy atom. The van der Waals surface area contributed by atoms with E-state index < -0.39 is 5.97 Å². The number of carbonyl (C=O) groups is 1. The van der Waals surface area contributed by atoms with Gasteiger partial charge in [-0.2, -0.15) is 0 Å². The zero-order valence-corrected chi connectivity index (χ0v) is 9.09.